The molecule has 0 atom stereocenters. The Labute approximate surface area is 124 Å². The van der Waals surface area contributed by atoms with Crippen molar-refractivity contribution in [3.63, 3.8) is 0 Å². The van der Waals surface area contributed by atoms with Gasteiger partial charge in [0.2, 0.25) is 5.91 Å². The van der Waals surface area contributed by atoms with E-state index in [1.807, 2.05) is 42.5 Å². The van der Waals surface area contributed by atoms with Crippen LogP contribution in [0.15, 0.2) is 54.6 Å². The van der Waals surface area contributed by atoms with Crippen LogP contribution in [-0.2, 0) is 16.8 Å². The summed E-state index contributed by atoms with van der Waals surface area (Å²) in [7, 11) is 1.63. The second-order valence-corrected chi connectivity index (χ2v) is 5.48. The summed E-state index contributed by atoms with van der Waals surface area (Å²) in [6.45, 7) is 0. The summed E-state index contributed by atoms with van der Waals surface area (Å²) >= 11 is 0. The molecule has 1 fully saturated rings. The van der Waals surface area contributed by atoms with E-state index in [4.69, 9.17) is 4.74 Å². The number of carbonyl (C=O) groups excluding carboxylic acids is 1. The zero-order valence-electron chi connectivity index (χ0n) is 12.1. The Bertz CT molecular complexity index is 633. The lowest BCUT2D eigenvalue weighted by molar-refractivity contribution is -0.121. The lowest BCUT2D eigenvalue weighted by Crippen LogP contribution is -2.35. The fraction of sp³-hybridized carbons (Fsp3) is 0.278. The third-order valence-corrected chi connectivity index (χ3v) is 4.00. The Morgan fingerprint density at radius 3 is 2.43 bits per heavy atom. The van der Waals surface area contributed by atoms with Gasteiger partial charge >= 0.3 is 0 Å². The van der Waals surface area contributed by atoms with Crippen LogP contribution in [0.25, 0.3) is 0 Å². The molecule has 0 spiro atoms. The number of rotatable bonds is 5. The van der Waals surface area contributed by atoms with Crippen LogP contribution in [0, 0.1) is 0 Å². The topological polar surface area (TPSA) is 38.3 Å². The van der Waals surface area contributed by atoms with Crippen molar-refractivity contribution in [3.05, 3.63) is 65.7 Å². The summed E-state index contributed by atoms with van der Waals surface area (Å²) in [5.74, 6) is 0.804. The Hall–Kier alpha value is -2.29. The van der Waals surface area contributed by atoms with Crippen LogP contribution in [-0.4, -0.2) is 13.0 Å². The first kappa shape index (κ1) is 13.7. The van der Waals surface area contributed by atoms with E-state index in [2.05, 4.69) is 17.4 Å². The molecule has 1 amide bonds. The Morgan fingerprint density at radius 2 is 1.76 bits per heavy atom. The van der Waals surface area contributed by atoms with Gasteiger partial charge in [-0.3, -0.25) is 4.79 Å². The SMILES string of the molecule is COc1ccccc1CC(=O)NC1(c2ccccc2)CC1. The van der Waals surface area contributed by atoms with E-state index in [1.165, 1.54) is 5.56 Å². The molecule has 3 nitrogen and oxygen atoms in total. The summed E-state index contributed by atoms with van der Waals surface area (Å²) in [5.41, 5.74) is 1.96. The van der Waals surface area contributed by atoms with Crippen LogP contribution in [0.1, 0.15) is 24.0 Å². The standard InChI is InChI=1S/C18H19NO2/c1-21-16-10-6-5-7-14(16)13-17(20)19-18(11-12-18)15-8-3-2-4-9-15/h2-10H,11-13H2,1H3,(H,19,20). The van der Waals surface area contributed by atoms with Crippen molar-refractivity contribution >= 4 is 5.91 Å². The van der Waals surface area contributed by atoms with Gasteiger partial charge in [-0.25, -0.2) is 0 Å². The highest BCUT2D eigenvalue weighted by Crippen LogP contribution is 2.45. The lowest BCUT2D eigenvalue weighted by atomic mass is 10.0. The van der Waals surface area contributed by atoms with Crippen molar-refractivity contribution in [2.24, 2.45) is 0 Å². The van der Waals surface area contributed by atoms with E-state index < -0.39 is 0 Å². The minimum Gasteiger partial charge on any atom is -0.496 e. The molecular weight excluding hydrogens is 262 g/mol. The first-order valence-electron chi connectivity index (χ1n) is 7.22. The van der Waals surface area contributed by atoms with Gasteiger partial charge in [-0.15, -0.1) is 0 Å². The number of amides is 1. The summed E-state index contributed by atoms with van der Waals surface area (Å²) in [6, 6.07) is 17.8. The van der Waals surface area contributed by atoms with Gasteiger partial charge < -0.3 is 10.1 Å². The van der Waals surface area contributed by atoms with Crippen molar-refractivity contribution in [1.82, 2.24) is 5.32 Å². The normalized spacial score (nSPS) is 15.3. The first-order chi connectivity index (χ1) is 10.2. The number of nitrogens with one attached hydrogen (secondary N) is 1. The minimum atomic E-state index is -0.152. The van der Waals surface area contributed by atoms with Gasteiger partial charge in [0.05, 0.1) is 19.1 Å². The molecule has 0 radical (unpaired) electrons. The molecule has 0 heterocycles. The second-order valence-electron chi connectivity index (χ2n) is 5.48. The fourth-order valence-corrected chi connectivity index (χ4v) is 2.70. The number of hydrogen-bond donors (Lipinski definition) is 1. The van der Waals surface area contributed by atoms with Crippen LogP contribution in [0.4, 0.5) is 0 Å². The summed E-state index contributed by atoms with van der Waals surface area (Å²) in [5, 5.41) is 3.19. The van der Waals surface area contributed by atoms with Gasteiger partial charge in [0, 0.05) is 5.56 Å². The summed E-state index contributed by atoms with van der Waals surface area (Å²) < 4.78 is 5.30. The number of carbonyl (C=O) groups is 1. The monoisotopic (exact) mass is 281 g/mol. The van der Waals surface area contributed by atoms with Gasteiger partial charge in [-0.05, 0) is 24.5 Å². The van der Waals surface area contributed by atoms with Crippen molar-refractivity contribution in [2.75, 3.05) is 7.11 Å². The molecule has 0 saturated heterocycles. The van der Waals surface area contributed by atoms with Gasteiger partial charge in [-0.1, -0.05) is 48.5 Å². The van der Waals surface area contributed by atoms with Crippen LogP contribution in [0.3, 0.4) is 0 Å². The van der Waals surface area contributed by atoms with Gasteiger partial charge in [0.15, 0.2) is 0 Å². The molecule has 3 rings (SSSR count). The van der Waals surface area contributed by atoms with Crippen LogP contribution < -0.4 is 10.1 Å². The maximum atomic E-state index is 12.3. The molecule has 0 bridgehead atoms. The predicted octanol–water partition coefficient (Wildman–Crippen LogP) is 3.04. The average molecular weight is 281 g/mol. The van der Waals surface area contributed by atoms with Crippen LogP contribution >= 0.6 is 0 Å². The predicted molar refractivity (Wildman–Crippen MR) is 82.2 cm³/mol. The molecule has 108 valence electrons. The maximum Gasteiger partial charge on any atom is 0.225 e. The average Bonchev–Trinajstić information content (AvgIpc) is 3.29. The van der Waals surface area contributed by atoms with Crippen molar-refractivity contribution in [3.8, 4) is 5.75 Å². The molecule has 0 unspecified atom stereocenters. The quantitative estimate of drug-likeness (QED) is 0.914. The van der Waals surface area contributed by atoms with Gasteiger partial charge in [0.25, 0.3) is 0 Å². The smallest absolute Gasteiger partial charge is 0.225 e. The molecule has 21 heavy (non-hydrogen) atoms. The zero-order valence-corrected chi connectivity index (χ0v) is 12.1. The van der Waals surface area contributed by atoms with Crippen molar-refractivity contribution < 1.29 is 9.53 Å². The van der Waals surface area contributed by atoms with E-state index in [0.717, 1.165) is 24.2 Å². The summed E-state index contributed by atoms with van der Waals surface area (Å²) in [6.07, 6.45) is 2.36. The first-order valence-corrected chi connectivity index (χ1v) is 7.22. The van der Waals surface area contributed by atoms with E-state index in [1.54, 1.807) is 7.11 Å². The molecule has 1 N–H and O–H groups in total. The number of methoxy groups -OCH3 is 1. The Balaban J connectivity index is 1.70. The Kier molecular flexibility index (Phi) is 3.65. The largest absolute Gasteiger partial charge is 0.496 e. The van der Waals surface area contributed by atoms with Crippen LogP contribution in [0.5, 0.6) is 5.75 Å². The number of ether oxygens (including phenoxy) is 1. The number of para-hydroxylation sites is 1. The highest BCUT2D eigenvalue weighted by Gasteiger charge is 2.45. The minimum absolute atomic E-state index is 0.0425. The zero-order chi connectivity index (χ0) is 14.7. The molecule has 0 aromatic heterocycles. The third kappa shape index (κ3) is 2.92. The molecule has 0 aliphatic heterocycles. The van der Waals surface area contributed by atoms with Crippen LogP contribution in [0.2, 0.25) is 0 Å². The summed E-state index contributed by atoms with van der Waals surface area (Å²) in [4.78, 5) is 12.3. The van der Waals surface area contributed by atoms with E-state index in [0.29, 0.717) is 6.42 Å². The number of benzene rings is 2. The van der Waals surface area contributed by atoms with E-state index in [9.17, 15) is 4.79 Å². The van der Waals surface area contributed by atoms with Crippen molar-refractivity contribution in [1.29, 1.82) is 0 Å². The molecule has 1 aliphatic carbocycles. The van der Waals surface area contributed by atoms with Gasteiger partial charge in [-0.2, -0.15) is 0 Å². The number of hydrogen-bond acceptors (Lipinski definition) is 2. The third-order valence-electron chi connectivity index (χ3n) is 4.00. The molecule has 3 heteroatoms. The second kappa shape index (κ2) is 5.60. The lowest BCUT2D eigenvalue weighted by Gasteiger charge is -2.18. The molecule has 1 aliphatic rings. The Morgan fingerprint density at radius 1 is 1.10 bits per heavy atom. The highest BCUT2D eigenvalue weighted by atomic mass is 16.5. The maximum absolute atomic E-state index is 12.3. The molecule has 2 aromatic carbocycles. The van der Waals surface area contributed by atoms with E-state index in [-0.39, 0.29) is 11.4 Å². The molecule has 1 saturated carbocycles. The molecular formula is C18H19NO2. The highest BCUT2D eigenvalue weighted by molar-refractivity contribution is 5.80. The van der Waals surface area contributed by atoms with Gasteiger partial charge in [0.1, 0.15) is 5.75 Å². The van der Waals surface area contributed by atoms with Crippen molar-refractivity contribution in [2.45, 2.75) is 24.8 Å². The fourth-order valence-electron chi connectivity index (χ4n) is 2.70. The molecule has 2 aromatic rings. The van der Waals surface area contributed by atoms with E-state index >= 15 is 0 Å².